The molecule has 25 heavy (non-hydrogen) atoms. The summed E-state index contributed by atoms with van der Waals surface area (Å²) in [6.45, 7) is 14.1. The Morgan fingerprint density at radius 3 is 2.56 bits per heavy atom. The Morgan fingerprint density at radius 2 is 1.88 bits per heavy atom. The molecule has 3 rings (SSSR count). The van der Waals surface area contributed by atoms with Crippen molar-refractivity contribution in [2.75, 3.05) is 0 Å². The van der Waals surface area contributed by atoms with Crippen LogP contribution in [0.2, 0.25) is 0 Å². The summed E-state index contributed by atoms with van der Waals surface area (Å²) in [6, 6.07) is 0. The van der Waals surface area contributed by atoms with Crippen LogP contribution >= 0.6 is 0 Å². The molecule has 1 aliphatic heterocycles. The van der Waals surface area contributed by atoms with Gasteiger partial charge in [-0.15, -0.1) is 0 Å². The van der Waals surface area contributed by atoms with Crippen molar-refractivity contribution in [1.82, 2.24) is 10.2 Å². The fourth-order valence-electron chi connectivity index (χ4n) is 3.69. The van der Waals surface area contributed by atoms with Crippen LogP contribution in [0.1, 0.15) is 60.3 Å². The Hall–Kier alpha value is -2.21. The largest absolute Gasteiger partial charge is 0.383 e. The predicted molar refractivity (Wildman–Crippen MR) is 102 cm³/mol. The second-order valence-electron chi connectivity index (χ2n) is 8.29. The van der Waals surface area contributed by atoms with E-state index in [2.05, 4.69) is 49.7 Å². The minimum Gasteiger partial charge on any atom is -0.383 e. The van der Waals surface area contributed by atoms with Crippen LogP contribution in [0.4, 0.5) is 0 Å². The standard InChI is InChI=1S/C22H28N2O/c1-15(2)23-22(5,6)21(3,4)20(25)24-18-11-7-9-16(18)13-14-17-10-8-12-19(17)24/h7,11,23H,1,8-10,12H2,2-6H3. The number of nitrogens with one attached hydrogen (secondary N) is 1. The molecular formula is C22H28N2O. The van der Waals surface area contributed by atoms with E-state index in [1.165, 1.54) is 0 Å². The predicted octanol–water partition coefficient (Wildman–Crippen LogP) is 4.41. The molecule has 3 aliphatic rings. The van der Waals surface area contributed by atoms with Gasteiger partial charge in [0.2, 0.25) is 5.91 Å². The summed E-state index contributed by atoms with van der Waals surface area (Å²) >= 11 is 0. The third-order valence-electron chi connectivity index (χ3n) is 5.80. The Morgan fingerprint density at radius 1 is 1.20 bits per heavy atom. The van der Waals surface area contributed by atoms with E-state index in [0.29, 0.717) is 0 Å². The molecule has 0 aromatic carbocycles. The van der Waals surface area contributed by atoms with Gasteiger partial charge < -0.3 is 5.32 Å². The molecule has 3 nitrogen and oxygen atoms in total. The summed E-state index contributed by atoms with van der Waals surface area (Å²) in [6.07, 6.45) is 7.95. The lowest BCUT2D eigenvalue weighted by molar-refractivity contribution is -0.140. The van der Waals surface area contributed by atoms with E-state index >= 15 is 0 Å². The zero-order chi connectivity index (χ0) is 18.4. The highest BCUT2D eigenvalue weighted by Crippen LogP contribution is 2.42. The molecule has 0 aromatic rings. The van der Waals surface area contributed by atoms with Gasteiger partial charge in [-0.25, -0.2) is 0 Å². The van der Waals surface area contributed by atoms with Crippen molar-refractivity contribution in [2.45, 2.75) is 65.8 Å². The van der Waals surface area contributed by atoms with Crippen molar-refractivity contribution >= 4 is 5.91 Å². The Bertz CT molecular complexity index is 794. The first kappa shape index (κ1) is 17.6. The van der Waals surface area contributed by atoms with Gasteiger partial charge in [0.05, 0.1) is 11.1 Å². The fourth-order valence-corrected chi connectivity index (χ4v) is 3.69. The summed E-state index contributed by atoms with van der Waals surface area (Å²) < 4.78 is 0. The monoisotopic (exact) mass is 336 g/mol. The molecule has 3 heteroatoms. The molecule has 0 saturated carbocycles. The van der Waals surface area contributed by atoms with Crippen LogP contribution in [0.25, 0.3) is 0 Å². The molecule has 2 aliphatic carbocycles. The maximum absolute atomic E-state index is 13.8. The first-order chi connectivity index (χ1) is 11.6. The quantitative estimate of drug-likeness (QED) is 0.771. The van der Waals surface area contributed by atoms with E-state index in [4.69, 9.17) is 0 Å². The molecule has 0 saturated heterocycles. The van der Waals surface area contributed by atoms with E-state index in [9.17, 15) is 4.79 Å². The molecule has 0 bridgehead atoms. The molecule has 132 valence electrons. The van der Waals surface area contributed by atoms with Gasteiger partial charge in [-0.1, -0.05) is 24.5 Å². The van der Waals surface area contributed by atoms with Gasteiger partial charge in [-0.3, -0.25) is 9.69 Å². The average molecular weight is 336 g/mol. The van der Waals surface area contributed by atoms with E-state index in [1.54, 1.807) is 0 Å². The Kier molecular flexibility index (Phi) is 4.19. The number of carbonyl (C=O) groups is 1. The summed E-state index contributed by atoms with van der Waals surface area (Å²) in [7, 11) is 0. The van der Waals surface area contributed by atoms with Crippen LogP contribution in [-0.2, 0) is 4.79 Å². The van der Waals surface area contributed by atoms with Crippen molar-refractivity contribution in [2.24, 2.45) is 5.41 Å². The smallest absolute Gasteiger partial charge is 0.239 e. The molecule has 1 heterocycles. The van der Waals surface area contributed by atoms with E-state index in [-0.39, 0.29) is 5.91 Å². The molecule has 0 radical (unpaired) electrons. The summed E-state index contributed by atoms with van der Waals surface area (Å²) in [5, 5.41) is 3.39. The second kappa shape index (κ2) is 5.95. The third kappa shape index (κ3) is 2.84. The normalized spacial score (nSPS) is 19.3. The topological polar surface area (TPSA) is 32.3 Å². The number of hydrogen-bond acceptors (Lipinski definition) is 2. The van der Waals surface area contributed by atoms with Crippen LogP contribution in [0, 0.1) is 17.3 Å². The van der Waals surface area contributed by atoms with Crippen LogP contribution in [-0.4, -0.2) is 16.3 Å². The van der Waals surface area contributed by atoms with Gasteiger partial charge in [0.25, 0.3) is 0 Å². The van der Waals surface area contributed by atoms with Crippen molar-refractivity contribution in [3.05, 3.63) is 47.0 Å². The SMILES string of the molecule is C=C(C)NC(C)(C)C(C)(C)C(=O)N1C2=C(C#CC3=C1CCC3)CC=C2. The van der Waals surface area contributed by atoms with Gasteiger partial charge in [-0.05, 0) is 60.0 Å². The maximum atomic E-state index is 13.8. The average Bonchev–Trinajstić information content (AvgIpc) is 3.12. The zero-order valence-corrected chi connectivity index (χ0v) is 16.0. The van der Waals surface area contributed by atoms with Gasteiger partial charge in [-0.2, -0.15) is 0 Å². The van der Waals surface area contributed by atoms with E-state index in [1.807, 2.05) is 25.7 Å². The highest BCUT2D eigenvalue weighted by atomic mass is 16.2. The molecule has 1 amide bonds. The lowest BCUT2D eigenvalue weighted by Crippen LogP contribution is -2.57. The van der Waals surface area contributed by atoms with Gasteiger partial charge in [0.1, 0.15) is 0 Å². The number of rotatable bonds is 4. The van der Waals surface area contributed by atoms with Crippen LogP contribution in [0.15, 0.2) is 47.0 Å². The molecule has 0 spiro atoms. The first-order valence-corrected chi connectivity index (χ1v) is 9.07. The number of nitrogens with zero attached hydrogens (tertiary/aromatic N) is 1. The van der Waals surface area contributed by atoms with Gasteiger partial charge >= 0.3 is 0 Å². The lowest BCUT2D eigenvalue weighted by atomic mass is 9.73. The molecule has 0 aromatic heterocycles. The van der Waals surface area contributed by atoms with Crippen LogP contribution in [0.5, 0.6) is 0 Å². The van der Waals surface area contributed by atoms with Gasteiger partial charge in [0.15, 0.2) is 0 Å². The number of allylic oxidation sites excluding steroid dienone is 6. The Labute approximate surface area is 151 Å². The molecular weight excluding hydrogens is 308 g/mol. The number of carbonyl (C=O) groups excluding carboxylic acids is 1. The fraction of sp³-hybridized carbons (Fsp3) is 0.500. The highest BCUT2D eigenvalue weighted by Gasteiger charge is 2.47. The van der Waals surface area contributed by atoms with Crippen LogP contribution in [0.3, 0.4) is 0 Å². The number of hydrogen-bond donors (Lipinski definition) is 1. The summed E-state index contributed by atoms with van der Waals surface area (Å²) in [4.78, 5) is 15.7. The highest BCUT2D eigenvalue weighted by molar-refractivity contribution is 5.88. The first-order valence-electron chi connectivity index (χ1n) is 9.07. The van der Waals surface area contributed by atoms with Crippen molar-refractivity contribution in [3.8, 4) is 11.8 Å². The minimum absolute atomic E-state index is 0.116. The van der Waals surface area contributed by atoms with Gasteiger partial charge in [0, 0.05) is 34.5 Å². The van der Waals surface area contributed by atoms with Crippen LogP contribution < -0.4 is 5.32 Å². The number of amides is 1. The molecule has 1 N–H and O–H groups in total. The van der Waals surface area contributed by atoms with E-state index in [0.717, 1.165) is 53.9 Å². The summed E-state index contributed by atoms with van der Waals surface area (Å²) in [5.41, 5.74) is 4.10. The second-order valence-corrected chi connectivity index (χ2v) is 8.29. The van der Waals surface area contributed by atoms with Crippen molar-refractivity contribution in [1.29, 1.82) is 0 Å². The zero-order valence-electron chi connectivity index (χ0n) is 16.0. The maximum Gasteiger partial charge on any atom is 0.239 e. The summed E-state index contributed by atoms with van der Waals surface area (Å²) in [5.74, 6) is 6.75. The molecule has 0 fully saturated rings. The van der Waals surface area contributed by atoms with Crippen molar-refractivity contribution in [3.63, 3.8) is 0 Å². The molecule has 0 unspecified atom stereocenters. The third-order valence-corrected chi connectivity index (χ3v) is 5.80. The Balaban J connectivity index is 2.05. The minimum atomic E-state index is -0.620. The van der Waals surface area contributed by atoms with Crippen molar-refractivity contribution < 1.29 is 4.79 Å². The molecule has 0 atom stereocenters. The lowest BCUT2D eigenvalue weighted by Gasteiger charge is -2.44. The van der Waals surface area contributed by atoms with E-state index < -0.39 is 11.0 Å².